The summed E-state index contributed by atoms with van der Waals surface area (Å²) in [6.07, 6.45) is 1.19. The summed E-state index contributed by atoms with van der Waals surface area (Å²) < 4.78 is 10.8. The van der Waals surface area contributed by atoms with Gasteiger partial charge in [0.2, 0.25) is 0 Å². The van der Waals surface area contributed by atoms with Crippen LogP contribution in [0.1, 0.15) is 44.9 Å². The van der Waals surface area contributed by atoms with Gasteiger partial charge in [0.05, 0.1) is 6.04 Å². The highest BCUT2D eigenvalue weighted by molar-refractivity contribution is 5.69. The second kappa shape index (κ2) is 6.38. The molecule has 1 aliphatic rings. The second-order valence-corrected chi connectivity index (χ2v) is 6.44. The molecule has 0 N–H and O–H groups in total. The lowest BCUT2D eigenvalue weighted by Crippen LogP contribution is -2.42. The van der Waals surface area contributed by atoms with Gasteiger partial charge in [-0.15, -0.1) is 0 Å². The summed E-state index contributed by atoms with van der Waals surface area (Å²) in [4.78, 5) is 24.4. The average Bonchev–Trinajstić information content (AvgIpc) is 2.43. The molecule has 1 heterocycles. The fourth-order valence-corrected chi connectivity index (χ4v) is 2.60. The number of hydrogen-bond donors (Lipinski definition) is 0. The number of carbonyl (C=O) groups is 2. The Kier molecular flexibility index (Phi) is 4.74. The molecule has 0 aliphatic carbocycles. The third-order valence-electron chi connectivity index (χ3n) is 3.60. The van der Waals surface area contributed by atoms with Gasteiger partial charge in [0, 0.05) is 6.54 Å². The molecule has 1 atom stereocenters. The lowest BCUT2D eigenvalue weighted by Gasteiger charge is -2.36. The van der Waals surface area contributed by atoms with Crippen molar-refractivity contribution in [1.82, 2.24) is 4.90 Å². The highest BCUT2D eigenvalue weighted by atomic mass is 16.6. The first-order valence-electron chi connectivity index (χ1n) is 7.50. The van der Waals surface area contributed by atoms with E-state index in [0.29, 0.717) is 12.3 Å². The number of rotatable bonds is 3. The monoisotopic (exact) mass is 305 g/mol. The summed E-state index contributed by atoms with van der Waals surface area (Å²) in [5.41, 5.74) is 1.75. The Balaban J connectivity index is 2.14. The van der Waals surface area contributed by atoms with E-state index < -0.39 is 5.60 Å². The fraction of sp³-hybridized carbons (Fsp3) is 0.529. The quantitative estimate of drug-likeness (QED) is 0.805. The largest absolute Gasteiger partial charge is 0.486 e. The molecule has 0 radical (unpaired) electrons. The number of aldehydes is 1. The van der Waals surface area contributed by atoms with Crippen molar-refractivity contribution in [2.24, 2.45) is 0 Å². The number of ether oxygens (including phenoxy) is 2. The molecule has 0 bridgehead atoms. The van der Waals surface area contributed by atoms with Crippen molar-refractivity contribution in [3.05, 3.63) is 29.3 Å². The standard InChI is InChI=1S/C17H23NO4/c1-12-15-6-5-14(21-10-9-19)11-13(15)7-8-18(12)16(20)22-17(2,3)4/h5-6,9,11-12H,7-8,10H2,1-4H3. The zero-order chi connectivity index (χ0) is 16.3. The lowest BCUT2D eigenvalue weighted by atomic mass is 9.93. The molecule has 0 saturated heterocycles. The Morgan fingerprint density at radius 3 is 2.77 bits per heavy atom. The third-order valence-corrected chi connectivity index (χ3v) is 3.60. The van der Waals surface area contributed by atoms with Crippen LogP contribution in [0.3, 0.4) is 0 Å². The number of amides is 1. The van der Waals surface area contributed by atoms with Crippen LogP contribution in [0, 0.1) is 0 Å². The van der Waals surface area contributed by atoms with E-state index in [1.807, 2.05) is 45.9 Å². The smallest absolute Gasteiger partial charge is 0.410 e. The van der Waals surface area contributed by atoms with E-state index in [9.17, 15) is 9.59 Å². The van der Waals surface area contributed by atoms with Crippen molar-refractivity contribution in [1.29, 1.82) is 0 Å². The van der Waals surface area contributed by atoms with Crippen molar-refractivity contribution in [3.63, 3.8) is 0 Å². The van der Waals surface area contributed by atoms with Crippen LogP contribution in [0.2, 0.25) is 0 Å². The molecule has 0 fully saturated rings. The molecule has 0 spiro atoms. The molecule has 1 unspecified atom stereocenters. The fourth-order valence-electron chi connectivity index (χ4n) is 2.60. The Morgan fingerprint density at radius 1 is 1.41 bits per heavy atom. The number of carbonyl (C=O) groups excluding carboxylic acids is 2. The van der Waals surface area contributed by atoms with Crippen LogP contribution < -0.4 is 4.74 Å². The highest BCUT2D eigenvalue weighted by Crippen LogP contribution is 2.32. The van der Waals surface area contributed by atoms with Crippen LogP contribution in [0.5, 0.6) is 5.75 Å². The van der Waals surface area contributed by atoms with E-state index in [0.717, 1.165) is 23.8 Å². The highest BCUT2D eigenvalue weighted by Gasteiger charge is 2.31. The Labute approximate surface area is 131 Å². The van der Waals surface area contributed by atoms with Crippen molar-refractivity contribution in [2.45, 2.75) is 45.8 Å². The molecule has 1 aromatic carbocycles. The summed E-state index contributed by atoms with van der Waals surface area (Å²) in [5, 5.41) is 0. The van der Waals surface area contributed by atoms with Gasteiger partial charge in [-0.1, -0.05) is 6.07 Å². The van der Waals surface area contributed by atoms with Crippen LogP contribution in [-0.2, 0) is 16.0 Å². The van der Waals surface area contributed by atoms with Crippen LogP contribution in [-0.4, -0.2) is 36.0 Å². The maximum Gasteiger partial charge on any atom is 0.410 e. The average molecular weight is 305 g/mol. The number of benzene rings is 1. The van der Waals surface area contributed by atoms with Crippen LogP contribution in [0.15, 0.2) is 18.2 Å². The Hall–Kier alpha value is -2.04. The molecule has 5 heteroatoms. The van der Waals surface area contributed by atoms with E-state index >= 15 is 0 Å². The van der Waals surface area contributed by atoms with E-state index in [4.69, 9.17) is 9.47 Å². The number of hydrogen-bond acceptors (Lipinski definition) is 4. The Bertz CT molecular complexity index is 562. The first kappa shape index (κ1) is 16.3. The first-order chi connectivity index (χ1) is 10.3. The van der Waals surface area contributed by atoms with Gasteiger partial charge in [0.15, 0.2) is 6.29 Å². The summed E-state index contributed by atoms with van der Waals surface area (Å²) in [6, 6.07) is 5.69. The van der Waals surface area contributed by atoms with Gasteiger partial charge in [-0.05, 0) is 57.4 Å². The molecule has 0 saturated carbocycles. The maximum atomic E-state index is 12.3. The van der Waals surface area contributed by atoms with Crippen molar-refractivity contribution < 1.29 is 19.1 Å². The van der Waals surface area contributed by atoms with Crippen molar-refractivity contribution >= 4 is 12.4 Å². The van der Waals surface area contributed by atoms with Gasteiger partial charge in [0.25, 0.3) is 0 Å². The first-order valence-corrected chi connectivity index (χ1v) is 7.50. The molecule has 1 aliphatic heterocycles. The molecular formula is C17H23NO4. The molecule has 5 nitrogen and oxygen atoms in total. The lowest BCUT2D eigenvalue weighted by molar-refractivity contribution is -0.109. The van der Waals surface area contributed by atoms with E-state index in [-0.39, 0.29) is 18.7 Å². The Morgan fingerprint density at radius 2 is 2.14 bits per heavy atom. The van der Waals surface area contributed by atoms with Gasteiger partial charge in [0.1, 0.15) is 18.0 Å². The van der Waals surface area contributed by atoms with Crippen molar-refractivity contribution in [3.8, 4) is 5.75 Å². The minimum absolute atomic E-state index is 0.0429. The van der Waals surface area contributed by atoms with Crippen LogP contribution in [0.4, 0.5) is 4.79 Å². The van der Waals surface area contributed by atoms with Crippen LogP contribution >= 0.6 is 0 Å². The maximum absolute atomic E-state index is 12.3. The predicted octanol–water partition coefficient (Wildman–Crippen LogP) is 3.12. The van der Waals surface area contributed by atoms with Gasteiger partial charge in [-0.2, -0.15) is 0 Å². The van der Waals surface area contributed by atoms with E-state index in [2.05, 4.69) is 0 Å². The zero-order valence-corrected chi connectivity index (χ0v) is 13.6. The summed E-state index contributed by atoms with van der Waals surface area (Å²) in [5.74, 6) is 0.684. The zero-order valence-electron chi connectivity index (χ0n) is 13.6. The molecule has 1 aromatic rings. The van der Waals surface area contributed by atoms with Crippen LogP contribution in [0.25, 0.3) is 0 Å². The summed E-state index contributed by atoms with van der Waals surface area (Å²) in [6.45, 7) is 8.25. The molecule has 1 amide bonds. The topological polar surface area (TPSA) is 55.8 Å². The molecular weight excluding hydrogens is 282 g/mol. The van der Waals surface area contributed by atoms with Gasteiger partial charge >= 0.3 is 6.09 Å². The van der Waals surface area contributed by atoms with E-state index in [1.54, 1.807) is 4.90 Å². The minimum Gasteiger partial charge on any atom is -0.486 e. The van der Waals surface area contributed by atoms with Gasteiger partial charge in [-0.3, -0.25) is 4.79 Å². The summed E-state index contributed by atoms with van der Waals surface area (Å²) >= 11 is 0. The predicted molar refractivity (Wildman–Crippen MR) is 83.1 cm³/mol. The van der Waals surface area contributed by atoms with Gasteiger partial charge in [-0.25, -0.2) is 4.79 Å². The molecule has 22 heavy (non-hydrogen) atoms. The van der Waals surface area contributed by atoms with Gasteiger partial charge < -0.3 is 14.4 Å². The number of fused-ring (bicyclic) bond motifs is 1. The third kappa shape index (κ3) is 3.78. The second-order valence-electron chi connectivity index (χ2n) is 6.44. The minimum atomic E-state index is -0.496. The molecule has 120 valence electrons. The summed E-state index contributed by atoms with van der Waals surface area (Å²) in [7, 11) is 0. The van der Waals surface area contributed by atoms with E-state index in [1.165, 1.54) is 0 Å². The van der Waals surface area contributed by atoms with Crippen molar-refractivity contribution in [2.75, 3.05) is 13.2 Å². The SMILES string of the molecule is CC1c2ccc(OCC=O)cc2CCN1C(=O)OC(C)(C)C. The number of nitrogens with zero attached hydrogens (tertiary/aromatic N) is 1. The normalized spacial score (nSPS) is 17.6. The molecule has 2 rings (SSSR count). The molecule has 0 aromatic heterocycles.